The summed E-state index contributed by atoms with van der Waals surface area (Å²) in [5.74, 6) is 0.513. The Bertz CT molecular complexity index is 3250. The molecule has 11 rings (SSSR count). The number of nitrogens with one attached hydrogen (secondary N) is 1. The van der Waals surface area contributed by atoms with Crippen molar-refractivity contribution in [2.45, 2.75) is 58.6 Å². The number of carbonyl (C=O) groups excluding carboxylic acids is 2. The van der Waals surface area contributed by atoms with Crippen molar-refractivity contribution in [1.29, 1.82) is 0 Å². The summed E-state index contributed by atoms with van der Waals surface area (Å²) in [6.45, 7) is 8.15. The number of thiophene rings is 2. The van der Waals surface area contributed by atoms with Crippen LogP contribution in [0, 0.1) is 25.7 Å². The largest absolute Gasteiger partial charge is 0.473 e. The third-order valence-electron chi connectivity index (χ3n) is 13.9. The first-order valence-electron chi connectivity index (χ1n) is 23.3. The lowest BCUT2D eigenvalue weighted by Crippen LogP contribution is -2.39. The van der Waals surface area contributed by atoms with E-state index in [-0.39, 0.29) is 48.0 Å². The molecule has 0 bridgehead atoms. The van der Waals surface area contributed by atoms with E-state index in [1.165, 1.54) is 0 Å². The molecular weight excluding hydrogens is 1030 g/mol. The molecule has 4 aliphatic heterocycles. The Morgan fingerprint density at radius 3 is 1.73 bits per heavy atom. The van der Waals surface area contributed by atoms with Gasteiger partial charge in [-0.2, -0.15) is 0 Å². The molecule has 2 atom stereocenters. The van der Waals surface area contributed by atoms with Gasteiger partial charge in [0, 0.05) is 87.9 Å². The highest BCUT2D eigenvalue weighted by Crippen LogP contribution is 2.44. The van der Waals surface area contributed by atoms with Crippen molar-refractivity contribution in [3.05, 3.63) is 157 Å². The lowest BCUT2D eigenvalue weighted by molar-refractivity contribution is -0.105. The number of halogens is 4. The fourth-order valence-electron chi connectivity index (χ4n) is 10.0. The van der Waals surface area contributed by atoms with E-state index in [0.29, 0.717) is 114 Å². The molecule has 0 radical (unpaired) electrons. The minimum absolute atomic E-state index is 0.150. The molecule has 0 saturated carbocycles. The van der Waals surface area contributed by atoms with E-state index in [1.807, 2.05) is 72.7 Å². The normalized spacial score (nSPS) is 16.8. The zero-order chi connectivity index (χ0) is 49.7. The van der Waals surface area contributed by atoms with Crippen molar-refractivity contribution >= 4 is 101 Å². The van der Waals surface area contributed by atoms with Gasteiger partial charge in [0.1, 0.15) is 6.61 Å². The highest BCUT2D eigenvalue weighted by molar-refractivity contribution is 7.17. The Labute approximate surface area is 438 Å². The molecule has 2 saturated heterocycles. The van der Waals surface area contributed by atoms with E-state index in [1.54, 1.807) is 41.8 Å². The molecule has 8 heterocycles. The minimum atomic E-state index is -0.299. The molecule has 18 heteroatoms. The SMILES string of the molecule is COC(c1cc(Cl)c2c(c1Cl)C(=O)N(Cc1c(=O)[nH]c(C)c3sccc13)CC2)C1COC1.COC(c1cc(Cl)c2c(c1Cl)C(=O)N(Cc1c(OCc3ccccc3)nc(C)c3sccc13)CC2)C1COC1. The molecule has 4 aromatic heterocycles. The summed E-state index contributed by atoms with van der Waals surface area (Å²) in [6.07, 6.45) is 0.589. The number of fused-ring (bicyclic) bond motifs is 4. The minimum Gasteiger partial charge on any atom is -0.473 e. The predicted octanol–water partition coefficient (Wildman–Crippen LogP) is 11.8. The van der Waals surface area contributed by atoms with Crippen molar-refractivity contribution in [3.8, 4) is 5.88 Å². The van der Waals surface area contributed by atoms with Gasteiger partial charge < -0.3 is 38.5 Å². The highest BCUT2D eigenvalue weighted by atomic mass is 35.5. The van der Waals surface area contributed by atoms with Crippen LogP contribution in [0.3, 0.4) is 0 Å². The molecule has 0 spiro atoms. The average molecular weight is 1080 g/mol. The lowest BCUT2D eigenvalue weighted by atomic mass is 9.89. The second-order valence-corrected chi connectivity index (χ2v) is 21.6. The van der Waals surface area contributed by atoms with Crippen molar-refractivity contribution in [2.75, 3.05) is 53.7 Å². The van der Waals surface area contributed by atoms with Crippen LogP contribution in [-0.4, -0.2) is 85.3 Å². The van der Waals surface area contributed by atoms with E-state index in [9.17, 15) is 14.4 Å². The number of ether oxygens (including phenoxy) is 5. The van der Waals surface area contributed by atoms with Gasteiger partial charge in [-0.15, -0.1) is 22.7 Å². The predicted molar refractivity (Wildman–Crippen MR) is 280 cm³/mol. The molecular formula is C53H50Cl4N4O8S2. The van der Waals surface area contributed by atoms with Crippen LogP contribution in [0.4, 0.5) is 0 Å². The Morgan fingerprint density at radius 2 is 1.23 bits per heavy atom. The average Bonchev–Trinajstić information content (AvgIpc) is 4.04. The van der Waals surface area contributed by atoms with Crippen molar-refractivity contribution in [3.63, 3.8) is 0 Å². The second-order valence-electron chi connectivity index (χ2n) is 18.2. The van der Waals surface area contributed by atoms with Gasteiger partial charge in [0.25, 0.3) is 17.4 Å². The number of H-pyrrole nitrogens is 1. The third kappa shape index (κ3) is 9.50. The standard InChI is InChI=1S/C30H28Cl2N2O4S.C23H22Cl2N2O4S/c1-17-28-20(9-11-39-28)23(29(33-17)38-14-18-6-4-3-5-7-18)13-34-10-8-21-24(31)12-22(26(32)25(21)30(34)35)27(36-2)19-15-37-16-19;1-11-21-13(4-6-32-21)16(22(28)26-11)8-27-5-3-14-17(24)7-15(19(25)18(14)23(27)29)20(30-2)12-9-31-10-12/h3-7,9,11-12,19,27H,8,10,13-16H2,1-2H3;4,6-7,12,20H,3,5,8-10H2,1-2H3,(H,26,28). The van der Waals surface area contributed by atoms with Gasteiger partial charge in [0.05, 0.1) is 88.0 Å². The molecule has 71 heavy (non-hydrogen) atoms. The number of pyridine rings is 2. The first kappa shape index (κ1) is 50.0. The van der Waals surface area contributed by atoms with Crippen LogP contribution >= 0.6 is 69.1 Å². The van der Waals surface area contributed by atoms with Gasteiger partial charge >= 0.3 is 0 Å². The quantitative estimate of drug-likeness (QED) is 0.120. The Kier molecular flexibility index (Phi) is 14.9. The van der Waals surface area contributed by atoms with Crippen molar-refractivity contribution in [1.82, 2.24) is 19.8 Å². The highest BCUT2D eigenvalue weighted by Gasteiger charge is 2.38. The van der Waals surface area contributed by atoms with Crippen LogP contribution < -0.4 is 10.3 Å². The van der Waals surface area contributed by atoms with Gasteiger partial charge in [-0.1, -0.05) is 76.7 Å². The number of aromatic nitrogens is 2. The monoisotopic (exact) mass is 1070 g/mol. The number of hydrogen-bond donors (Lipinski definition) is 1. The van der Waals surface area contributed by atoms with Crippen LogP contribution in [0.5, 0.6) is 5.88 Å². The molecule has 1 N–H and O–H groups in total. The Hall–Kier alpha value is -4.58. The molecule has 2 amide bonds. The molecule has 370 valence electrons. The number of carbonyl (C=O) groups is 2. The van der Waals surface area contributed by atoms with E-state index in [4.69, 9.17) is 75.1 Å². The number of nitrogens with zero attached hydrogens (tertiary/aromatic N) is 3. The third-order valence-corrected chi connectivity index (χ3v) is 17.5. The van der Waals surface area contributed by atoms with Crippen molar-refractivity contribution < 1.29 is 33.3 Å². The topological polar surface area (TPSA) is 133 Å². The number of aryl methyl sites for hydroxylation is 2. The Morgan fingerprint density at radius 1 is 0.718 bits per heavy atom. The first-order valence-corrected chi connectivity index (χ1v) is 26.6. The summed E-state index contributed by atoms with van der Waals surface area (Å²) in [4.78, 5) is 51.5. The molecule has 4 aliphatic rings. The second kappa shape index (κ2) is 21.1. The van der Waals surface area contributed by atoms with E-state index >= 15 is 0 Å². The number of aromatic amines is 1. The molecule has 2 unspecified atom stereocenters. The molecule has 12 nitrogen and oxygen atoms in total. The van der Waals surface area contributed by atoms with Gasteiger partial charge in [-0.25, -0.2) is 4.98 Å². The summed E-state index contributed by atoms with van der Waals surface area (Å²) in [6, 6.07) is 17.7. The number of hydrogen-bond acceptors (Lipinski definition) is 11. The van der Waals surface area contributed by atoms with Gasteiger partial charge in [0.2, 0.25) is 5.88 Å². The van der Waals surface area contributed by atoms with Crippen LogP contribution in [0.15, 0.2) is 70.2 Å². The maximum absolute atomic E-state index is 14.0. The van der Waals surface area contributed by atoms with Gasteiger partial charge in [0.15, 0.2) is 0 Å². The Balaban J connectivity index is 0.000000167. The molecule has 3 aromatic carbocycles. The molecule has 7 aromatic rings. The summed E-state index contributed by atoms with van der Waals surface area (Å²) in [5.41, 5.74) is 7.95. The van der Waals surface area contributed by atoms with E-state index in [0.717, 1.165) is 59.4 Å². The summed E-state index contributed by atoms with van der Waals surface area (Å²) < 4.78 is 30.5. The summed E-state index contributed by atoms with van der Waals surface area (Å²) in [7, 11) is 3.27. The summed E-state index contributed by atoms with van der Waals surface area (Å²) in [5, 5.41) is 7.79. The zero-order valence-electron chi connectivity index (χ0n) is 39.4. The number of amides is 2. The van der Waals surface area contributed by atoms with Gasteiger partial charge in [-0.05, 0) is 78.4 Å². The van der Waals surface area contributed by atoms with E-state index in [2.05, 4.69) is 16.4 Å². The number of benzene rings is 3. The van der Waals surface area contributed by atoms with E-state index < -0.39 is 0 Å². The molecule has 2 fully saturated rings. The zero-order valence-corrected chi connectivity index (χ0v) is 44.0. The van der Waals surface area contributed by atoms with Crippen LogP contribution in [0.1, 0.15) is 83.3 Å². The smallest absolute Gasteiger partial charge is 0.256 e. The fraction of sp³-hybridized carbons (Fsp3) is 0.358. The summed E-state index contributed by atoms with van der Waals surface area (Å²) >= 11 is 30.3. The fourth-order valence-corrected chi connectivity index (χ4v) is 13.1. The molecule has 0 aliphatic carbocycles. The van der Waals surface area contributed by atoms with Crippen molar-refractivity contribution in [2.24, 2.45) is 11.8 Å². The van der Waals surface area contributed by atoms with Crippen LogP contribution in [-0.2, 0) is 51.5 Å². The van der Waals surface area contributed by atoms with Gasteiger partial charge in [-0.3, -0.25) is 14.4 Å². The lowest BCUT2D eigenvalue weighted by Gasteiger charge is -2.35. The first-order chi connectivity index (χ1) is 34.4. The number of rotatable bonds is 13. The maximum Gasteiger partial charge on any atom is 0.256 e. The number of methoxy groups -OCH3 is 2. The van der Waals surface area contributed by atoms with Crippen LogP contribution in [0.2, 0.25) is 20.1 Å². The maximum atomic E-state index is 14.0. The van der Waals surface area contributed by atoms with Crippen LogP contribution in [0.25, 0.3) is 20.2 Å².